The van der Waals surface area contributed by atoms with Crippen LogP contribution in [0.2, 0.25) is 0 Å². The van der Waals surface area contributed by atoms with Crippen LogP contribution in [-0.4, -0.2) is 23.1 Å². The summed E-state index contributed by atoms with van der Waals surface area (Å²) in [6.07, 6.45) is 5.70. The lowest BCUT2D eigenvalue weighted by Crippen LogP contribution is -2.46. The summed E-state index contributed by atoms with van der Waals surface area (Å²) in [6.45, 7) is 7.56. The molecular weight excluding hydrogens is 324 g/mol. The molecule has 1 aromatic heterocycles. The Morgan fingerprint density at radius 2 is 2.04 bits per heavy atom. The minimum atomic E-state index is -0.232. The SMILES string of the molecule is Cc1ccccc1[C@@]1(CC(=O)NCc2cccnc2)CCOC(C)(C)C1. The van der Waals surface area contributed by atoms with E-state index in [1.165, 1.54) is 11.1 Å². The maximum absolute atomic E-state index is 12.8. The van der Waals surface area contributed by atoms with Gasteiger partial charge in [-0.15, -0.1) is 0 Å². The first-order chi connectivity index (χ1) is 12.4. The van der Waals surface area contributed by atoms with E-state index in [0.717, 1.165) is 18.4 Å². The van der Waals surface area contributed by atoms with Crippen molar-refractivity contribution in [1.29, 1.82) is 0 Å². The standard InChI is InChI=1S/C22H28N2O2/c1-17-7-4-5-9-19(17)22(10-12-26-21(2,3)16-22)13-20(25)24-15-18-8-6-11-23-14-18/h4-9,11,14H,10,12-13,15-16H2,1-3H3,(H,24,25)/t22-/m1/s1. The van der Waals surface area contributed by atoms with Crippen LogP contribution in [-0.2, 0) is 21.5 Å². The summed E-state index contributed by atoms with van der Waals surface area (Å²) in [4.78, 5) is 16.9. The second kappa shape index (κ2) is 7.58. The van der Waals surface area contributed by atoms with E-state index in [1.807, 2.05) is 12.1 Å². The molecule has 26 heavy (non-hydrogen) atoms. The molecule has 0 aliphatic carbocycles. The van der Waals surface area contributed by atoms with Gasteiger partial charge < -0.3 is 10.1 Å². The molecule has 1 N–H and O–H groups in total. The molecule has 4 heteroatoms. The molecule has 3 rings (SSSR count). The minimum Gasteiger partial charge on any atom is -0.376 e. The van der Waals surface area contributed by atoms with Gasteiger partial charge in [-0.3, -0.25) is 9.78 Å². The van der Waals surface area contributed by atoms with Gasteiger partial charge in [0, 0.05) is 37.4 Å². The number of aromatic nitrogens is 1. The van der Waals surface area contributed by atoms with E-state index < -0.39 is 0 Å². The highest BCUT2D eigenvalue weighted by molar-refractivity contribution is 5.77. The van der Waals surface area contributed by atoms with Crippen LogP contribution in [0.1, 0.15) is 49.8 Å². The molecule has 1 aromatic carbocycles. The number of amides is 1. The third kappa shape index (κ3) is 4.31. The Morgan fingerprint density at radius 1 is 1.23 bits per heavy atom. The average Bonchev–Trinajstić information content (AvgIpc) is 2.60. The molecule has 1 saturated heterocycles. The van der Waals surface area contributed by atoms with Crippen molar-refractivity contribution < 1.29 is 9.53 Å². The predicted octanol–water partition coefficient (Wildman–Crippen LogP) is 3.92. The van der Waals surface area contributed by atoms with Crippen LogP contribution in [0.4, 0.5) is 0 Å². The number of benzene rings is 1. The van der Waals surface area contributed by atoms with E-state index in [9.17, 15) is 4.79 Å². The molecule has 0 spiro atoms. The normalized spacial score (nSPS) is 22.0. The van der Waals surface area contributed by atoms with Gasteiger partial charge in [0.05, 0.1) is 5.60 Å². The van der Waals surface area contributed by atoms with Crippen molar-refractivity contribution in [3.8, 4) is 0 Å². The maximum atomic E-state index is 12.8. The minimum absolute atomic E-state index is 0.0785. The number of hydrogen-bond donors (Lipinski definition) is 1. The van der Waals surface area contributed by atoms with Gasteiger partial charge in [-0.1, -0.05) is 30.3 Å². The van der Waals surface area contributed by atoms with Crippen LogP contribution in [0.15, 0.2) is 48.8 Å². The molecule has 2 heterocycles. The average molecular weight is 352 g/mol. The van der Waals surface area contributed by atoms with E-state index in [-0.39, 0.29) is 16.9 Å². The lowest BCUT2D eigenvalue weighted by molar-refractivity contribution is -0.126. The first-order valence-corrected chi connectivity index (χ1v) is 9.26. The zero-order valence-electron chi connectivity index (χ0n) is 15.9. The van der Waals surface area contributed by atoms with Crippen molar-refractivity contribution in [2.24, 2.45) is 0 Å². The zero-order valence-corrected chi connectivity index (χ0v) is 15.9. The van der Waals surface area contributed by atoms with Gasteiger partial charge in [-0.2, -0.15) is 0 Å². The molecule has 0 saturated carbocycles. The monoisotopic (exact) mass is 352 g/mol. The highest BCUT2D eigenvalue weighted by Crippen LogP contribution is 2.45. The second-order valence-electron chi connectivity index (χ2n) is 7.94. The topological polar surface area (TPSA) is 51.2 Å². The second-order valence-corrected chi connectivity index (χ2v) is 7.94. The van der Waals surface area contributed by atoms with Gasteiger partial charge >= 0.3 is 0 Å². The molecule has 0 bridgehead atoms. The Bertz CT molecular complexity index is 758. The number of nitrogens with zero attached hydrogens (tertiary/aromatic N) is 1. The van der Waals surface area contributed by atoms with Crippen LogP contribution >= 0.6 is 0 Å². The molecule has 1 fully saturated rings. The van der Waals surface area contributed by atoms with Crippen LogP contribution < -0.4 is 5.32 Å². The van der Waals surface area contributed by atoms with Gasteiger partial charge in [0.15, 0.2) is 0 Å². The van der Waals surface area contributed by atoms with E-state index in [4.69, 9.17) is 4.74 Å². The van der Waals surface area contributed by atoms with Gasteiger partial charge in [0.2, 0.25) is 5.91 Å². The van der Waals surface area contributed by atoms with E-state index >= 15 is 0 Å². The van der Waals surface area contributed by atoms with Crippen molar-refractivity contribution in [1.82, 2.24) is 10.3 Å². The maximum Gasteiger partial charge on any atom is 0.221 e. The van der Waals surface area contributed by atoms with Gasteiger partial charge in [-0.25, -0.2) is 0 Å². The summed E-state index contributed by atoms with van der Waals surface area (Å²) in [5.74, 6) is 0.0785. The molecular formula is C22H28N2O2. The molecule has 4 nitrogen and oxygen atoms in total. The molecule has 2 aromatic rings. The van der Waals surface area contributed by atoms with Crippen LogP contribution in [0.5, 0.6) is 0 Å². The Kier molecular flexibility index (Phi) is 5.42. The first-order valence-electron chi connectivity index (χ1n) is 9.26. The molecule has 1 aliphatic heterocycles. The van der Waals surface area contributed by atoms with Gasteiger partial charge in [0.1, 0.15) is 0 Å². The fourth-order valence-corrected chi connectivity index (χ4v) is 4.19. The Hall–Kier alpha value is -2.20. The van der Waals surface area contributed by atoms with Crippen molar-refractivity contribution in [2.45, 2.75) is 57.6 Å². The van der Waals surface area contributed by atoms with Gasteiger partial charge in [-0.05, 0) is 56.4 Å². The molecule has 1 atom stereocenters. The van der Waals surface area contributed by atoms with Crippen molar-refractivity contribution in [2.75, 3.05) is 6.61 Å². The summed E-state index contributed by atoms with van der Waals surface area (Å²) in [5.41, 5.74) is 3.10. The fraction of sp³-hybridized carbons (Fsp3) is 0.455. The predicted molar refractivity (Wildman–Crippen MR) is 103 cm³/mol. The van der Waals surface area contributed by atoms with Crippen molar-refractivity contribution >= 4 is 5.91 Å². The van der Waals surface area contributed by atoms with Crippen LogP contribution in [0, 0.1) is 6.92 Å². The molecule has 0 unspecified atom stereocenters. The quantitative estimate of drug-likeness (QED) is 0.887. The smallest absolute Gasteiger partial charge is 0.221 e. The number of carbonyl (C=O) groups is 1. The third-order valence-corrected chi connectivity index (χ3v) is 5.27. The summed E-state index contributed by atoms with van der Waals surface area (Å²) in [7, 11) is 0. The fourth-order valence-electron chi connectivity index (χ4n) is 4.19. The van der Waals surface area contributed by atoms with Crippen molar-refractivity contribution in [3.05, 3.63) is 65.5 Å². The highest BCUT2D eigenvalue weighted by atomic mass is 16.5. The van der Waals surface area contributed by atoms with Crippen molar-refractivity contribution in [3.63, 3.8) is 0 Å². The largest absolute Gasteiger partial charge is 0.376 e. The van der Waals surface area contributed by atoms with Gasteiger partial charge in [0.25, 0.3) is 0 Å². The van der Waals surface area contributed by atoms with E-state index in [1.54, 1.807) is 12.4 Å². The molecule has 0 radical (unpaired) electrons. The van der Waals surface area contributed by atoms with Crippen LogP contribution in [0.25, 0.3) is 0 Å². The number of pyridine rings is 1. The molecule has 138 valence electrons. The Balaban J connectivity index is 1.80. The number of ether oxygens (including phenoxy) is 1. The van der Waals surface area contributed by atoms with E-state index in [0.29, 0.717) is 19.6 Å². The first kappa shape index (κ1) is 18.6. The van der Waals surface area contributed by atoms with E-state index in [2.05, 4.69) is 55.3 Å². The summed E-state index contributed by atoms with van der Waals surface area (Å²) >= 11 is 0. The molecule has 1 aliphatic rings. The summed E-state index contributed by atoms with van der Waals surface area (Å²) in [6, 6.07) is 12.3. The number of rotatable bonds is 5. The lowest BCUT2D eigenvalue weighted by Gasteiger charge is -2.45. The highest BCUT2D eigenvalue weighted by Gasteiger charge is 2.44. The number of carbonyl (C=O) groups excluding carboxylic acids is 1. The number of hydrogen-bond acceptors (Lipinski definition) is 3. The lowest BCUT2D eigenvalue weighted by atomic mass is 9.66. The zero-order chi connectivity index (χ0) is 18.6. The Labute approximate surface area is 156 Å². The third-order valence-electron chi connectivity index (χ3n) is 5.27. The summed E-state index contributed by atoms with van der Waals surface area (Å²) in [5, 5.41) is 3.07. The molecule has 1 amide bonds. The summed E-state index contributed by atoms with van der Waals surface area (Å²) < 4.78 is 5.95. The number of aryl methyl sites for hydroxylation is 1. The Morgan fingerprint density at radius 3 is 2.73 bits per heavy atom. The van der Waals surface area contributed by atoms with Crippen LogP contribution in [0.3, 0.4) is 0 Å². The number of nitrogens with one attached hydrogen (secondary N) is 1.